The topological polar surface area (TPSA) is 33.3 Å². The summed E-state index contributed by atoms with van der Waals surface area (Å²) in [6.07, 6.45) is 6.88. The minimum Gasteiger partial charge on any atom is -0.483 e. The predicted octanol–water partition coefficient (Wildman–Crippen LogP) is 3.69. The van der Waals surface area contributed by atoms with E-state index in [9.17, 15) is 0 Å². The zero-order valence-electron chi connectivity index (χ0n) is 13.6. The van der Waals surface area contributed by atoms with Gasteiger partial charge in [-0.05, 0) is 46.3 Å². The number of nitrogens with one attached hydrogen (secondary N) is 2. The van der Waals surface area contributed by atoms with Crippen LogP contribution in [-0.2, 0) is 4.74 Å². The molecular weight excluding hydrogens is 236 g/mol. The average molecular weight is 270 g/mol. The van der Waals surface area contributed by atoms with E-state index in [0.717, 1.165) is 19.5 Å². The molecule has 0 aromatic carbocycles. The number of hydrogen-bond donors (Lipinski definition) is 2. The van der Waals surface area contributed by atoms with E-state index < -0.39 is 0 Å². The molecule has 1 heterocycles. The van der Waals surface area contributed by atoms with Gasteiger partial charge in [0.1, 0.15) is 0 Å². The Morgan fingerprint density at radius 1 is 1.32 bits per heavy atom. The largest absolute Gasteiger partial charge is 0.483 e. The van der Waals surface area contributed by atoms with Crippen molar-refractivity contribution in [3.8, 4) is 0 Å². The zero-order chi connectivity index (χ0) is 15.1. The van der Waals surface area contributed by atoms with Crippen LogP contribution in [0.1, 0.15) is 47.0 Å². The Kier molecular flexibility index (Phi) is 14.7. The maximum Gasteiger partial charge on any atom is 0.154 e. The fraction of sp³-hybridized carbons (Fsp3) is 0.750. The minimum absolute atomic E-state index is 0.104. The van der Waals surface area contributed by atoms with Crippen molar-refractivity contribution in [2.24, 2.45) is 5.41 Å². The molecule has 3 nitrogen and oxygen atoms in total. The molecule has 1 aliphatic heterocycles. The summed E-state index contributed by atoms with van der Waals surface area (Å²) < 4.78 is 5.55. The van der Waals surface area contributed by atoms with Gasteiger partial charge in [-0.25, -0.2) is 0 Å². The lowest BCUT2D eigenvalue weighted by molar-refractivity contribution is -0.0297. The van der Waals surface area contributed by atoms with Crippen molar-refractivity contribution in [1.82, 2.24) is 10.6 Å². The average Bonchev–Trinajstić information content (AvgIpc) is 2.48. The molecule has 114 valence electrons. The second-order valence-corrected chi connectivity index (χ2v) is 4.35. The lowest BCUT2D eigenvalue weighted by Gasteiger charge is -2.42. The Bertz CT molecular complexity index is 211. The van der Waals surface area contributed by atoms with Crippen LogP contribution < -0.4 is 10.6 Å². The molecule has 0 radical (unpaired) electrons. The molecule has 2 N–H and O–H groups in total. The first kappa shape index (κ1) is 20.5. The normalized spacial score (nSPS) is 17.7. The summed E-state index contributed by atoms with van der Waals surface area (Å²) in [6.45, 7) is 17.3. The Hall–Kier alpha value is -0.800. The van der Waals surface area contributed by atoms with E-state index in [-0.39, 0.29) is 11.6 Å². The van der Waals surface area contributed by atoms with Gasteiger partial charge in [-0.1, -0.05) is 33.4 Å². The molecule has 0 aromatic heterocycles. The summed E-state index contributed by atoms with van der Waals surface area (Å²) >= 11 is 0. The molecule has 1 unspecified atom stereocenters. The van der Waals surface area contributed by atoms with Crippen molar-refractivity contribution >= 4 is 0 Å². The van der Waals surface area contributed by atoms with Crippen LogP contribution in [0.15, 0.2) is 25.5 Å². The highest BCUT2D eigenvalue weighted by Crippen LogP contribution is 2.36. The number of ether oxygens (including phenoxy) is 1. The lowest BCUT2D eigenvalue weighted by atomic mass is 9.75. The predicted molar refractivity (Wildman–Crippen MR) is 86.2 cm³/mol. The highest BCUT2D eigenvalue weighted by Gasteiger charge is 2.38. The van der Waals surface area contributed by atoms with Gasteiger partial charge in [0, 0.05) is 5.41 Å². The van der Waals surface area contributed by atoms with Crippen LogP contribution >= 0.6 is 0 Å². The van der Waals surface area contributed by atoms with E-state index in [2.05, 4.69) is 30.7 Å². The van der Waals surface area contributed by atoms with Gasteiger partial charge in [0.05, 0.1) is 6.26 Å². The molecule has 1 fully saturated rings. The fourth-order valence-corrected chi connectivity index (χ4v) is 2.34. The lowest BCUT2D eigenvalue weighted by Crippen LogP contribution is -2.50. The quantitative estimate of drug-likeness (QED) is 0.454. The Balaban J connectivity index is 0. The Labute approximate surface area is 120 Å². The smallest absolute Gasteiger partial charge is 0.154 e. The van der Waals surface area contributed by atoms with Gasteiger partial charge in [0.25, 0.3) is 0 Å². The van der Waals surface area contributed by atoms with Gasteiger partial charge in [-0.15, -0.1) is 6.58 Å². The van der Waals surface area contributed by atoms with E-state index in [1.807, 2.05) is 27.8 Å². The van der Waals surface area contributed by atoms with E-state index in [1.54, 1.807) is 12.3 Å². The number of hydrogen-bond acceptors (Lipinski definition) is 3. The molecule has 0 aromatic rings. The molecule has 19 heavy (non-hydrogen) atoms. The van der Waals surface area contributed by atoms with Gasteiger partial charge in [0.15, 0.2) is 6.23 Å². The second kappa shape index (κ2) is 13.6. The molecule has 1 saturated heterocycles. The molecule has 0 saturated carbocycles. The standard InChI is InChI=1S/C11H22N2O.C3H6.C2H6/c1-4-11(6-8-13-9-7-11)10(12-3)14-5-2;1-3-2;1-2/h5,10,12-13H,2,4,6-9H2,1,3H3;3H,1H2,2H3;1-2H3. The third kappa shape index (κ3) is 7.38. The molecular formula is C16H34N2O. The maximum atomic E-state index is 5.55. The molecule has 0 amide bonds. The molecule has 0 spiro atoms. The molecule has 3 heteroatoms. The molecule has 1 atom stereocenters. The summed E-state index contributed by atoms with van der Waals surface area (Å²) in [5, 5.41) is 6.63. The van der Waals surface area contributed by atoms with Crippen molar-refractivity contribution in [2.75, 3.05) is 20.1 Å². The summed E-state index contributed by atoms with van der Waals surface area (Å²) in [6, 6.07) is 0. The number of allylic oxidation sites excluding steroid dienone is 1. The first-order chi connectivity index (χ1) is 9.20. The van der Waals surface area contributed by atoms with Gasteiger partial charge in [-0.3, -0.25) is 5.32 Å². The van der Waals surface area contributed by atoms with Gasteiger partial charge >= 0.3 is 0 Å². The van der Waals surface area contributed by atoms with Crippen LogP contribution in [0.3, 0.4) is 0 Å². The van der Waals surface area contributed by atoms with Crippen molar-refractivity contribution in [3.05, 3.63) is 25.5 Å². The molecule has 1 rings (SSSR count). The minimum atomic E-state index is 0.104. The zero-order valence-corrected chi connectivity index (χ0v) is 13.6. The van der Waals surface area contributed by atoms with Crippen LogP contribution in [0.25, 0.3) is 0 Å². The van der Waals surface area contributed by atoms with Crippen molar-refractivity contribution in [1.29, 1.82) is 0 Å². The summed E-state index contributed by atoms with van der Waals surface area (Å²) in [5.41, 5.74) is 0.272. The summed E-state index contributed by atoms with van der Waals surface area (Å²) in [4.78, 5) is 0. The first-order valence-corrected chi connectivity index (χ1v) is 7.42. The van der Waals surface area contributed by atoms with E-state index >= 15 is 0 Å². The Morgan fingerprint density at radius 3 is 2.11 bits per heavy atom. The highest BCUT2D eigenvalue weighted by atomic mass is 16.5. The SMILES string of the molecule is C=CC.C=COC(NC)C1(CC)CCNCC1.CC. The second-order valence-electron chi connectivity index (χ2n) is 4.35. The van der Waals surface area contributed by atoms with Crippen LogP contribution in [0.4, 0.5) is 0 Å². The third-order valence-electron chi connectivity index (χ3n) is 3.35. The van der Waals surface area contributed by atoms with Crippen molar-refractivity contribution in [3.63, 3.8) is 0 Å². The third-order valence-corrected chi connectivity index (χ3v) is 3.35. The van der Waals surface area contributed by atoms with Crippen LogP contribution in [-0.4, -0.2) is 26.4 Å². The summed E-state index contributed by atoms with van der Waals surface area (Å²) in [5.74, 6) is 0. The van der Waals surface area contributed by atoms with Crippen molar-refractivity contribution < 1.29 is 4.74 Å². The first-order valence-electron chi connectivity index (χ1n) is 7.42. The van der Waals surface area contributed by atoms with Crippen molar-refractivity contribution in [2.45, 2.75) is 53.2 Å². The van der Waals surface area contributed by atoms with Crippen LogP contribution in [0.2, 0.25) is 0 Å². The molecule has 0 aliphatic carbocycles. The number of piperidine rings is 1. The fourth-order valence-electron chi connectivity index (χ4n) is 2.34. The van der Waals surface area contributed by atoms with Gasteiger partial charge < -0.3 is 10.1 Å². The summed E-state index contributed by atoms with van der Waals surface area (Å²) in [7, 11) is 1.95. The monoisotopic (exact) mass is 270 g/mol. The Morgan fingerprint density at radius 2 is 1.79 bits per heavy atom. The maximum absolute atomic E-state index is 5.55. The van der Waals surface area contributed by atoms with Gasteiger partial charge in [0.2, 0.25) is 0 Å². The van der Waals surface area contributed by atoms with Crippen LogP contribution in [0, 0.1) is 5.41 Å². The van der Waals surface area contributed by atoms with Crippen LogP contribution in [0.5, 0.6) is 0 Å². The van der Waals surface area contributed by atoms with E-state index in [0.29, 0.717) is 0 Å². The molecule has 0 bridgehead atoms. The van der Waals surface area contributed by atoms with E-state index in [1.165, 1.54) is 12.8 Å². The highest BCUT2D eigenvalue weighted by molar-refractivity contribution is 4.89. The molecule has 1 aliphatic rings. The van der Waals surface area contributed by atoms with Gasteiger partial charge in [-0.2, -0.15) is 0 Å². The number of rotatable bonds is 5. The van der Waals surface area contributed by atoms with E-state index in [4.69, 9.17) is 4.74 Å².